The van der Waals surface area contributed by atoms with Gasteiger partial charge in [0.05, 0.1) is 38.1 Å². The summed E-state index contributed by atoms with van der Waals surface area (Å²) < 4.78 is 53.9. The minimum absolute atomic E-state index is 0.205. The largest absolute Gasteiger partial charge is 0.479 e. The van der Waals surface area contributed by atoms with E-state index in [1.54, 1.807) is 16.9 Å². The van der Waals surface area contributed by atoms with Gasteiger partial charge in [-0.05, 0) is 48.1 Å². The van der Waals surface area contributed by atoms with Crippen molar-refractivity contribution < 1.29 is 22.6 Å². The molecule has 3 aromatic rings. The van der Waals surface area contributed by atoms with Crippen LogP contribution >= 0.6 is 0 Å². The molecule has 1 N–H and O–H groups in total. The molecule has 3 aliphatic heterocycles. The van der Waals surface area contributed by atoms with E-state index >= 15 is 0 Å². The molecule has 0 spiro atoms. The van der Waals surface area contributed by atoms with Crippen LogP contribution in [0.5, 0.6) is 5.88 Å². The smallest absolute Gasteiger partial charge is 0.244 e. The second-order valence-electron chi connectivity index (χ2n) is 9.85. The summed E-state index contributed by atoms with van der Waals surface area (Å²) in [4.78, 5) is 11.1. The fourth-order valence-corrected chi connectivity index (χ4v) is 5.46. The van der Waals surface area contributed by atoms with Gasteiger partial charge in [0.15, 0.2) is 0 Å². The molecule has 2 aromatic heterocycles. The van der Waals surface area contributed by atoms with Gasteiger partial charge in [-0.15, -0.1) is 5.10 Å². The number of nitrogens with zero attached hydrogens (tertiary/aromatic N) is 5. The van der Waals surface area contributed by atoms with Crippen molar-refractivity contribution in [1.82, 2.24) is 19.5 Å². The minimum Gasteiger partial charge on any atom is -0.479 e. The number of ether oxygens (including phenoxy) is 2. The zero-order valence-corrected chi connectivity index (χ0v) is 20.5. The summed E-state index contributed by atoms with van der Waals surface area (Å²) in [6.45, 7) is 2.48. The lowest BCUT2D eigenvalue weighted by atomic mass is 9.88. The van der Waals surface area contributed by atoms with Crippen LogP contribution in [0, 0.1) is 0 Å². The van der Waals surface area contributed by atoms with Gasteiger partial charge in [0, 0.05) is 37.5 Å². The summed E-state index contributed by atoms with van der Waals surface area (Å²) in [5, 5.41) is 7.74. The topological polar surface area (TPSA) is 76.3 Å². The molecule has 0 radical (unpaired) electrons. The number of hydrogen-bond donors (Lipinski definition) is 1. The SMILES string of the molecule is COc1nc(N[C@@H]2CCN(C3COC3)C[C@@H]2F)nn2ccc(-c3ccc4c(c3)C(CC(F)F)CC=N4)c12. The summed E-state index contributed by atoms with van der Waals surface area (Å²) in [7, 11) is 1.53. The second-order valence-corrected chi connectivity index (χ2v) is 9.85. The number of aliphatic imine (C=N–C) groups is 1. The number of anilines is 1. The van der Waals surface area contributed by atoms with E-state index in [1.165, 1.54) is 7.11 Å². The van der Waals surface area contributed by atoms with Gasteiger partial charge in [0.1, 0.15) is 11.7 Å². The molecule has 0 amide bonds. The standard InChI is InChI=1S/C26H29F3N6O2/c1-36-25-24-18(15-2-3-21-19(10-15)16(4-7-30-21)11-23(28)29)5-9-35(24)33-26(32-25)31-22-6-8-34(12-20(22)27)17-13-37-14-17/h2-3,5,7,9-10,16-17,20,22-23H,4,6,8,11-14H2,1H3,(H,31,33)/t16?,20-,22+/m0/s1. The van der Waals surface area contributed by atoms with E-state index < -0.39 is 18.6 Å². The number of benzene rings is 1. The summed E-state index contributed by atoms with van der Waals surface area (Å²) >= 11 is 0. The molecule has 0 saturated carbocycles. The Kier molecular flexibility index (Phi) is 6.49. The first-order chi connectivity index (χ1) is 18.0. The summed E-state index contributed by atoms with van der Waals surface area (Å²) in [5.41, 5.74) is 3.84. The normalized spacial score (nSPS) is 24.3. The maximum atomic E-state index is 15.0. The Bertz CT molecular complexity index is 1310. The molecule has 8 nitrogen and oxygen atoms in total. The lowest BCUT2D eigenvalue weighted by Gasteiger charge is -2.42. The van der Waals surface area contributed by atoms with Crippen LogP contribution < -0.4 is 10.1 Å². The molecule has 2 fully saturated rings. The highest BCUT2D eigenvalue weighted by Crippen LogP contribution is 2.40. The van der Waals surface area contributed by atoms with E-state index in [2.05, 4.69) is 25.3 Å². The number of rotatable bonds is 7. The first-order valence-electron chi connectivity index (χ1n) is 12.6. The molecule has 0 aliphatic carbocycles. The molecular formula is C26H29F3N6O2. The molecular weight excluding hydrogens is 485 g/mol. The Hall–Kier alpha value is -3.18. The average molecular weight is 515 g/mol. The molecule has 1 unspecified atom stereocenters. The molecule has 0 bridgehead atoms. The highest BCUT2D eigenvalue weighted by Gasteiger charge is 2.35. The molecule has 2 saturated heterocycles. The number of aromatic nitrogens is 3. The maximum Gasteiger partial charge on any atom is 0.244 e. The number of methoxy groups -OCH3 is 1. The maximum absolute atomic E-state index is 15.0. The van der Waals surface area contributed by atoms with Crippen molar-refractivity contribution in [3.8, 4) is 17.0 Å². The Morgan fingerprint density at radius 1 is 1.24 bits per heavy atom. The Balaban J connectivity index is 1.27. The van der Waals surface area contributed by atoms with Crippen molar-refractivity contribution in [1.29, 1.82) is 0 Å². The minimum atomic E-state index is -2.38. The van der Waals surface area contributed by atoms with Crippen LogP contribution in [0.3, 0.4) is 0 Å². The molecule has 3 atom stereocenters. The van der Waals surface area contributed by atoms with Crippen molar-refractivity contribution in [2.24, 2.45) is 4.99 Å². The predicted molar refractivity (Wildman–Crippen MR) is 134 cm³/mol. The quantitative estimate of drug-likeness (QED) is 0.502. The first-order valence-corrected chi connectivity index (χ1v) is 12.6. The third kappa shape index (κ3) is 4.66. The van der Waals surface area contributed by atoms with Gasteiger partial charge in [-0.2, -0.15) is 4.98 Å². The van der Waals surface area contributed by atoms with E-state index in [-0.39, 0.29) is 18.3 Å². The van der Waals surface area contributed by atoms with Crippen molar-refractivity contribution >= 4 is 23.4 Å². The summed E-state index contributed by atoms with van der Waals surface area (Å²) in [6, 6.07) is 7.50. The zero-order chi connectivity index (χ0) is 25.5. The van der Waals surface area contributed by atoms with Gasteiger partial charge < -0.3 is 14.8 Å². The van der Waals surface area contributed by atoms with Crippen LogP contribution in [0.2, 0.25) is 0 Å². The average Bonchev–Trinajstić information content (AvgIpc) is 3.28. The second kappa shape index (κ2) is 9.94. The third-order valence-corrected chi connectivity index (χ3v) is 7.56. The monoisotopic (exact) mass is 514 g/mol. The molecule has 196 valence electrons. The lowest BCUT2D eigenvalue weighted by Crippen LogP contribution is -2.57. The van der Waals surface area contributed by atoms with Gasteiger partial charge in [-0.1, -0.05) is 6.07 Å². The number of halogens is 3. The highest BCUT2D eigenvalue weighted by atomic mass is 19.3. The van der Waals surface area contributed by atoms with Crippen LogP contribution in [0.4, 0.5) is 24.8 Å². The Labute approximate surface area is 212 Å². The van der Waals surface area contributed by atoms with Gasteiger partial charge in [-0.25, -0.2) is 17.7 Å². The number of nitrogens with one attached hydrogen (secondary N) is 1. The summed E-state index contributed by atoms with van der Waals surface area (Å²) in [6.07, 6.45) is 0.980. The highest BCUT2D eigenvalue weighted by molar-refractivity contribution is 5.86. The van der Waals surface area contributed by atoms with Gasteiger partial charge >= 0.3 is 0 Å². The van der Waals surface area contributed by atoms with Crippen LogP contribution in [0.25, 0.3) is 16.6 Å². The Morgan fingerprint density at radius 3 is 2.84 bits per heavy atom. The lowest BCUT2D eigenvalue weighted by molar-refractivity contribution is -0.0794. The number of piperidine rings is 1. The molecule has 11 heteroatoms. The van der Waals surface area contributed by atoms with E-state index in [0.717, 1.165) is 28.9 Å². The number of fused-ring (bicyclic) bond motifs is 2. The Morgan fingerprint density at radius 2 is 2.11 bits per heavy atom. The van der Waals surface area contributed by atoms with Crippen molar-refractivity contribution in [3.05, 3.63) is 36.0 Å². The predicted octanol–water partition coefficient (Wildman–Crippen LogP) is 4.47. The van der Waals surface area contributed by atoms with Crippen LogP contribution in [0.15, 0.2) is 35.5 Å². The fourth-order valence-electron chi connectivity index (χ4n) is 5.46. The van der Waals surface area contributed by atoms with E-state index in [9.17, 15) is 13.2 Å². The van der Waals surface area contributed by atoms with Gasteiger partial charge in [0.2, 0.25) is 18.3 Å². The molecule has 6 rings (SSSR count). The van der Waals surface area contributed by atoms with Gasteiger partial charge in [-0.3, -0.25) is 9.89 Å². The number of alkyl halides is 3. The van der Waals surface area contributed by atoms with Crippen molar-refractivity contribution in [2.45, 2.75) is 49.9 Å². The van der Waals surface area contributed by atoms with Crippen molar-refractivity contribution in [2.75, 3.05) is 38.7 Å². The van der Waals surface area contributed by atoms with E-state index in [4.69, 9.17) is 9.47 Å². The number of likely N-dealkylation sites (tertiary alicyclic amines) is 1. The van der Waals surface area contributed by atoms with E-state index in [1.807, 2.05) is 24.3 Å². The van der Waals surface area contributed by atoms with Crippen molar-refractivity contribution in [3.63, 3.8) is 0 Å². The summed E-state index contributed by atoms with van der Waals surface area (Å²) in [5.74, 6) is 0.348. The first kappa shape index (κ1) is 24.2. The molecule has 1 aromatic carbocycles. The van der Waals surface area contributed by atoms with Crippen LogP contribution in [-0.4, -0.2) is 83.8 Å². The third-order valence-electron chi connectivity index (χ3n) is 7.56. The molecule has 37 heavy (non-hydrogen) atoms. The molecule has 5 heterocycles. The zero-order valence-electron chi connectivity index (χ0n) is 20.5. The molecule has 3 aliphatic rings. The van der Waals surface area contributed by atoms with Gasteiger partial charge in [0.25, 0.3) is 0 Å². The van der Waals surface area contributed by atoms with E-state index in [0.29, 0.717) is 50.0 Å². The van der Waals surface area contributed by atoms with Crippen LogP contribution in [-0.2, 0) is 4.74 Å². The fraction of sp³-hybridized carbons (Fsp3) is 0.500. The van der Waals surface area contributed by atoms with Crippen LogP contribution in [0.1, 0.15) is 30.7 Å². The number of hydrogen-bond acceptors (Lipinski definition) is 7.